The molecule has 1 spiro atoms. The van der Waals surface area contributed by atoms with Crippen molar-refractivity contribution in [1.82, 2.24) is 10.2 Å². The maximum absolute atomic E-state index is 12.9. The zero-order chi connectivity index (χ0) is 20.5. The number of nitrogens with one attached hydrogen (secondary N) is 2. The molecule has 9 heteroatoms. The lowest BCUT2D eigenvalue weighted by atomic mass is 9.90. The number of anilines is 1. The van der Waals surface area contributed by atoms with Crippen molar-refractivity contribution in [2.24, 2.45) is 0 Å². The molecule has 2 N–H and O–H groups in total. The predicted molar refractivity (Wildman–Crippen MR) is 102 cm³/mol. The van der Waals surface area contributed by atoms with Gasteiger partial charge >= 0.3 is 6.03 Å². The van der Waals surface area contributed by atoms with Gasteiger partial charge in [0.2, 0.25) is 5.91 Å². The molecule has 1 saturated carbocycles. The van der Waals surface area contributed by atoms with Gasteiger partial charge in [-0.05, 0) is 43.9 Å². The Morgan fingerprint density at radius 1 is 1.18 bits per heavy atom. The molecule has 0 unspecified atom stereocenters. The van der Waals surface area contributed by atoms with E-state index in [0.29, 0.717) is 12.8 Å². The lowest BCUT2D eigenvalue weighted by Gasteiger charge is -2.24. The minimum absolute atomic E-state index is 0.0503. The summed E-state index contributed by atoms with van der Waals surface area (Å²) < 4.78 is 0. The number of imide groups is 1. The van der Waals surface area contributed by atoms with E-state index in [1.54, 1.807) is 13.8 Å². The number of hydrogen-bond donors (Lipinski definition) is 2. The monoisotopic (exact) mass is 388 g/mol. The number of hydrogen-bond acceptors (Lipinski definition) is 5. The third-order valence-corrected chi connectivity index (χ3v) is 5.59. The summed E-state index contributed by atoms with van der Waals surface area (Å²) in [5, 5.41) is 16.5. The van der Waals surface area contributed by atoms with E-state index in [2.05, 4.69) is 10.6 Å². The van der Waals surface area contributed by atoms with Gasteiger partial charge in [-0.25, -0.2) is 4.79 Å². The first-order valence-electron chi connectivity index (χ1n) is 9.43. The van der Waals surface area contributed by atoms with Crippen LogP contribution in [0.15, 0.2) is 12.1 Å². The zero-order valence-corrected chi connectivity index (χ0v) is 16.0. The van der Waals surface area contributed by atoms with Gasteiger partial charge in [0, 0.05) is 6.07 Å². The first kappa shape index (κ1) is 19.8. The number of amides is 4. The van der Waals surface area contributed by atoms with Crippen molar-refractivity contribution in [1.29, 1.82) is 0 Å². The van der Waals surface area contributed by atoms with Crippen LogP contribution in [0, 0.1) is 24.0 Å². The molecule has 28 heavy (non-hydrogen) atoms. The van der Waals surface area contributed by atoms with Crippen molar-refractivity contribution in [2.75, 3.05) is 11.9 Å². The van der Waals surface area contributed by atoms with E-state index in [4.69, 9.17) is 0 Å². The van der Waals surface area contributed by atoms with E-state index in [-0.39, 0.29) is 17.3 Å². The third-order valence-electron chi connectivity index (χ3n) is 5.59. The fourth-order valence-corrected chi connectivity index (χ4v) is 3.88. The summed E-state index contributed by atoms with van der Waals surface area (Å²) in [7, 11) is 0. The van der Waals surface area contributed by atoms with Gasteiger partial charge in [0.25, 0.3) is 11.6 Å². The SMILES string of the molecule is Cc1cc(NC(=O)CN2C(=O)NC3(CCCCCC3)C2=O)c([N+](=O)[O-])cc1C. The van der Waals surface area contributed by atoms with Crippen molar-refractivity contribution in [3.63, 3.8) is 0 Å². The van der Waals surface area contributed by atoms with Crippen LogP contribution in [-0.2, 0) is 9.59 Å². The summed E-state index contributed by atoms with van der Waals surface area (Å²) in [4.78, 5) is 49.3. The molecule has 1 saturated heterocycles. The van der Waals surface area contributed by atoms with Crippen molar-refractivity contribution >= 4 is 29.2 Å². The predicted octanol–water partition coefficient (Wildman–Crippen LogP) is 2.79. The number of aryl methyl sites for hydroxylation is 2. The molecule has 0 bridgehead atoms. The molecule has 3 rings (SSSR count). The largest absolute Gasteiger partial charge is 0.325 e. The highest BCUT2D eigenvalue weighted by Gasteiger charge is 2.51. The normalized spacial score (nSPS) is 18.7. The molecule has 9 nitrogen and oxygen atoms in total. The van der Waals surface area contributed by atoms with Crippen LogP contribution in [0.2, 0.25) is 0 Å². The van der Waals surface area contributed by atoms with Crippen molar-refractivity contribution in [3.05, 3.63) is 33.4 Å². The van der Waals surface area contributed by atoms with E-state index in [1.165, 1.54) is 12.1 Å². The minimum Gasteiger partial charge on any atom is -0.323 e. The summed E-state index contributed by atoms with van der Waals surface area (Å²) >= 11 is 0. The van der Waals surface area contributed by atoms with Gasteiger partial charge in [-0.2, -0.15) is 0 Å². The van der Waals surface area contributed by atoms with Gasteiger partial charge in [-0.1, -0.05) is 25.7 Å². The van der Waals surface area contributed by atoms with E-state index in [9.17, 15) is 24.5 Å². The summed E-state index contributed by atoms with van der Waals surface area (Å²) in [6.07, 6.45) is 4.86. The summed E-state index contributed by atoms with van der Waals surface area (Å²) in [6, 6.07) is 2.32. The average Bonchev–Trinajstić information content (AvgIpc) is 2.80. The lowest BCUT2D eigenvalue weighted by molar-refractivity contribution is -0.384. The maximum Gasteiger partial charge on any atom is 0.325 e. The van der Waals surface area contributed by atoms with Crippen LogP contribution >= 0.6 is 0 Å². The van der Waals surface area contributed by atoms with Gasteiger partial charge in [0.15, 0.2) is 0 Å². The van der Waals surface area contributed by atoms with Gasteiger partial charge in [-0.15, -0.1) is 0 Å². The smallest absolute Gasteiger partial charge is 0.323 e. The summed E-state index contributed by atoms with van der Waals surface area (Å²) in [5.41, 5.74) is 0.422. The zero-order valence-electron chi connectivity index (χ0n) is 16.0. The fraction of sp³-hybridized carbons (Fsp3) is 0.526. The number of rotatable bonds is 4. The van der Waals surface area contributed by atoms with Crippen molar-refractivity contribution < 1.29 is 19.3 Å². The van der Waals surface area contributed by atoms with Gasteiger partial charge in [0.1, 0.15) is 17.8 Å². The van der Waals surface area contributed by atoms with Crippen LogP contribution in [0.3, 0.4) is 0 Å². The minimum atomic E-state index is -0.916. The highest BCUT2D eigenvalue weighted by Crippen LogP contribution is 2.33. The highest BCUT2D eigenvalue weighted by molar-refractivity contribution is 6.10. The molecule has 0 aromatic heterocycles. The highest BCUT2D eigenvalue weighted by atomic mass is 16.6. The number of carbonyl (C=O) groups is 3. The van der Waals surface area contributed by atoms with E-state index in [1.807, 2.05) is 0 Å². The fourth-order valence-electron chi connectivity index (χ4n) is 3.88. The molecule has 1 heterocycles. The summed E-state index contributed by atoms with van der Waals surface area (Å²) in [6.45, 7) is 3.05. The average molecular weight is 388 g/mol. The number of carbonyl (C=O) groups excluding carboxylic acids is 3. The van der Waals surface area contributed by atoms with Crippen molar-refractivity contribution in [2.45, 2.75) is 57.9 Å². The second kappa shape index (κ2) is 7.57. The molecule has 0 atom stereocenters. The Labute approximate surface area is 162 Å². The molecule has 2 fully saturated rings. The Morgan fingerprint density at radius 3 is 2.39 bits per heavy atom. The Balaban J connectivity index is 1.75. The van der Waals surface area contributed by atoms with Gasteiger partial charge in [0.05, 0.1) is 4.92 Å². The van der Waals surface area contributed by atoms with Crippen LogP contribution in [0.5, 0.6) is 0 Å². The molecule has 1 aliphatic heterocycles. The van der Waals surface area contributed by atoms with Crippen molar-refractivity contribution in [3.8, 4) is 0 Å². The first-order chi connectivity index (χ1) is 13.2. The van der Waals surface area contributed by atoms with E-state index >= 15 is 0 Å². The number of nitro benzene ring substituents is 1. The summed E-state index contributed by atoms with van der Waals surface area (Å²) in [5.74, 6) is -1.04. The van der Waals surface area contributed by atoms with E-state index < -0.39 is 28.9 Å². The topological polar surface area (TPSA) is 122 Å². The van der Waals surface area contributed by atoms with Crippen LogP contribution in [0.4, 0.5) is 16.2 Å². The molecular formula is C19H24N4O5. The molecule has 150 valence electrons. The Hall–Kier alpha value is -2.97. The Kier molecular flexibility index (Phi) is 5.35. The number of nitro groups is 1. The van der Waals surface area contributed by atoms with E-state index in [0.717, 1.165) is 41.7 Å². The first-order valence-corrected chi connectivity index (χ1v) is 9.43. The molecule has 1 aromatic rings. The number of benzene rings is 1. The number of nitrogens with zero attached hydrogens (tertiary/aromatic N) is 2. The third kappa shape index (κ3) is 3.69. The van der Waals surface area contributed by atoms with Crippen LogP contribution in [0.1, 0.15) is 49.7 Å². The molecule has 1 aromatic carbocycles. The lowest BCUT2D eigenvalue weighted by Crippen LogP contribution is -2.47. The Bertz CT molecular complexity index is 843. The quantitative estimate of drug-likeness (QED) is 0.467. The van der Waals surface area contributed by atoms with Gasteiger partial charge < -0.3 is 10.6 Å². The van der Waals surface area contributed by atoms with Crippen LogP contribution < -0.4 is 10.6 Å². The molecule has 4 amide bonds. The maximum atomic E-state index is 12.9. The van der Waals surface area contributed by atoms with Gasteiger partial charge in [-0.3, -0.25) is 24.6 Å². The van der Waals surface area contributed by atoms with Crippen LogP contribution in [-0.4, -0.2) is 39.8 Å². The second-order valence-corrected chi connectivity index (χ2v) is 7.58. The second-order valence-electron chi connectivity index (χ2n) is 7.58. The number of urea groups is 1. The molecule has 2 aliphatic rings. The Morgan fingerprint density at radius 2 is 1.79 bits per heavy atom. The standard InChI is InChI=1S/C19H24N4O5/c1-12-9-14(15(23(27)28)10-13(12)2)20-16(24)11-22-17(25)19(21-18(22)26)7-5-3-4-6-8-19/h9-10H,3-8,11H2,1-2H3,(H,20,24)(H,21,26). The molecular weight excluding hydrogens is 364 g/mol. The molecule has 0 radical (unpaired) electrons. The molecule has 1 aliphatic carbocycles. The van der Waals surface area contributed by atoms with Crippen LogP contribution in [0.25, 0.3) is 0 Å².